The minimum absolute atomic E-state index is 0.0139. The summed E-state index contributed by atoms with van der Waals surface area (Å²) >= 11 is 7.79. The predicted molar refractivity (Wildman–Crippen MR) is 102 cm³/mol. The van der Waals surface area contributed by atoms with Gasteiger partial charge in [0, 0.05) is 18.5 Å². The molecule has 1 saturated heterocycles. The third-order valence-electron chi connectivity index (χ3n) is 3.56. The van der Waals surface area contributed by atoms with Crippen molar-refractivity contribution < 1.29 is 9.90 Å². The molecule has 1 aliphatic rings. The van der Waals surface area contributed by atoms with Crippen LogP contribution in [0, 0.1) is 0 Å². The van der Waals surface area contributed by atoms with Crippen LogP contribution in [0.2, 0.25) is 0 Å². The fourth-order valence-corrected chi connectivity index (χ4v) is 4.15. The summed E-state index contributed by atoms with van der Waals surface area (Å²) in [6.07, 6.45) is 5.08. The Morgan fingerprint density at radius 1 is 1.39 bits per heavy atom. The second-order valence-corrected chi connectivity index (χ2v) is 7.99. The number of likely N-dealkylation sites (tertiary alicyclic amines) is 1. The molecule has 23 heavy (non-hydrogen) atoms. The van der Waals surface area contributed by atoms with Crippen molar-refractivity contribution in [1.82, 2.24) is 9.88 Å². The van der Waals surface area contributed by atoms with Crippen LogP contribution in [0.15, 0.2) is 32.8 Å². The molecule has 1 amide bonds. The van der Waals surface area contributed by atoms with E-state index in [9.17, 15) is 9.90 Å². The lowest BCUT2D eigenvalue weighted by Gasteiger charge is -2.25. The van der Waals surface area contributed by atoms with Gasteiger partial charge in [-0.15, -0.1) is 11.3 Å². The fraction of sp³-hybridized carbons (Fsp3) is 0.375. The standard InChI is InChI=1S/C16H18Br2N2O2S/c1-10(8-12(18)14(21)11(2)17)13-9-23-15(19-13)16(22)20-6-4-3-5-7-20/h8-9,21H,2-7H2,1H3/b10-8+,14-12-. The van der Waals surface area contributed by atoms with E-state index in [1.807, 2.05) is 17.2 Å². The number of halogens is 2. The average Bonchev–Trinajstić information content (AvgIpc) is 3.04. The first kappa shape index (κ1) is 18.4. The van der Waals surface area contributed by atoms with E-state index in [1.54, 1.807) is 6.08 Å². The summed E-state index contributed by atoms with van der Waals surface area (Å²) < 4.78 is 0.904. The lowest BCUT2D eigenvalue weighted by atomic mass is 10.1. The lowest BCUT2D eigenvalue weighted by molar-refractivity contribution is 0.0724. The number of amides is 1. The molecule has 0 aliphatic carbocycles. The Balaban J connectivity index is 2.16. The highest BCUT2D eigenvalue weighted by Crippen LogP contribution is 2.26. The molecule has 0 bridgehead atoms. The zero-order chi connectivity index (χ0) is 17.0. The maximum absolute atomic E-state index is 12.4. The Morgan fingerprint density at radius 3 is 2.65 bits per heavy atom. The molecule has 0 spiro atoms. The number of nitrogens with zero attached hydrogens (tertiary/aromatic N) is 2. The molecule has 0 aromatic carbocycles. The molecule has 4 nitrogen and oxygen atoms in total. The summed E-state index contributed by atoms with van der Waals surface area (Å²) in [5, 5.41) is 12.2. The van der Waals surface area contributed by atoms with E-state index in [2.05, 4.69) is 43.4 Å². The molecular formula is C16H18Br2N2O2S. The number of aliphatic hydroxyl groups excluding tert-OH is 1. The minimum atomic E-state index is 0.0139. The van der Waals surface area contributed by atoms with E-state index < -0.39 is 0 Å². The molecule has 0 radical (unpaired) electrons. The number of aromatic nitrogens is 1. The minimum Gasteiger partial charge on any atom is -0.506 e. The van der Waals surface area contributed by atoms with Crippen molar-refractivity contribution in [2.75, 3.05) is 13.1 Å². The van der Waals surface area contributed by atoms with Gasteiger partial charge < -0.3 is 10.0 Å². The third-order valence-corrected chi connectivity index (χ3v) is 5.37. The van der Waals surface area contributed by atoms with E-state index in [4.69, 9.17) is 0 Å². The average molecular weight is 462 g/mol. The quantitative estimate of drug-likeness (QED) is 0.492. The SMILES string of the molecule is C=C(Br)/C(O)=C(Br)\C=C(/C)c1csc(C(=O)N2CCCCC2)n1. The van der Waals surface area contributed by atoms with Gasteiger partial charge in [-0.2, -0.15) is 0 Å². The van der Waals surface area contributed by atoms with Crippen LogP contribution in [0.4, 0.5) is 0 Å². The molecule has 1 aliphatic heterocycles. The highest BCUT2D eigenvalue weighted by molar-refractivity contribution is 9.12. The van der Waals surface area contributed by atoms with Crippen LogP contribution in [0.3, 0.4) is 0 Å². The number of aliphatic hydroxyl groups is 1. The Labute approximate surface area is 156 Å². The van der Waals surface area contributed by atoms with Crippen molar-refractivity contribution in [3.05, 3.63) is 43.5 Å². The van der Waals surface area contributed by atoms with Gasteiger partial charge in [0.15, 0.2) is 5.01 Å². The molecule has 0 atom stereocenters. The molecule has 1 aromatic heterocycles. The highest BCUT2D eigenvalue weighted by Gasteiger charge is 2.21. The van der Waals surface area contributed by atoms with Crippen molar-refractivity contribution in [3.63, 3.8) is 0 Å². The van der Waals surface area contributed by atoms with Gasteiger partial charge in [0.1, 0.15) is 5.76 Å². The van der Waals surface area contributed by atoms with Crippen LogP contribution in [0.5, 0.6) is 0 Å². The fourth-order valence-electron chi connectivity index (χ4n) is 2.25. The molecule has 0 saturated carbocycles. The lowest BCUT2D eigenvalue weighted by Crippen LogP contribution is -2.35. The Bertz CT molecular complexity index is 673. The second kappa shape index (κ2) is 8.26. The number of carbonyl (C=O) groups excluding carboxylic acids is 1. The van der Waals surface area contributed by atoms with Gasteiger partial charge in [-0.1, -0.05) is 6.58 Å². The number of rotatable bonds is 4. The summed E-state index contributed by atoms with van der Waals surface area (Å²) in [6.45, 7) is 7.14. The normalized spacial score (nSPS) is 17.0. The van der Waals surface area contributed by atoms with Crippen LogP contribution in [-0.2, 0) is 0 Å². The maximum Gasteiger partial charge on any atom is 0.282 e. The number of thiazole rings is 1. The van der Waals surface area contributed by atoms with Crippen LogP contribution in [0.25, 0.3) is 5.57 Å². The van der Waals surface area contributed by atoms with Gasteiger partial charge in [0.2, 0.25) is 0 Å². The summed E-state index contributed by atoms with van der Waals surface area (Å²) in [7, 11) is 0. The van der Waals surface area contributed by atoms with E-state index in [0.717, 1.165) is 37.2 Å². The van der Waals surface area contributed by atoms with Gasteiger partial charge in [-0.25, -0.2) is 4.98 Å². The first-order valence-electron chi connectivity index (χ1n) is 7.27. The summed E-state index contributed by atoms with van der Waals surface area (Å²) in [5.74, 6) is 0.0456. The van der Waals surface area contributed by atoms with Gasteiger partial charge >= 0.3 is 0 Å². The monoisotopic (exact) mass is 460 g/mol. The topological polar surface area (TPSA) is 53.4 Å². The van der Waals surface area contributed by atoms with E-state index >= 15 is 0 Å². The first-order valence-corrected chi connectivity index (χ1v) is 9.73. The number of hydrogen-bond donors (Lipinski definition) is 1. The molecule has 124 valence electrons. The van der Waals surface area contributed by atoms with Crippen molar-refractivity contribution in [3.8, 4) is 0 Å². The molecule has 1 fully saturated rings. The van der Waals surface area contributed by atoms with Crippen LogP contribution in [0.1, 0.15) is 41.7 Å². The summed E-state index contributed by atoms with van der Waals surface area (Å²) in [6, 6.07) is 0. The number of piperidine rings is 1. The first-order chi connectivity index (χ1) is 10.9. The molecule has 7 heteroatoms. The van der Waals surface area contributed by atoms with Crippen LogP contribution in [-0.4, -0.2) is 34.0 Å². The van der Waals surface area contributed by atoms with E-state index in [0.29, 0.717) is 14.0 Å². The molecule has 2 rings (SSSR count). The maximum atomic E-state index is 12.4. The van der Waals surface area contributed by atoms with Gasteiger partial charge in [-0.3, -0.25) is 4.79 Å². The highest BCUT2D eigenvalue weighted by atomic mass is 79.9. The van der Waals surface area contributed by atoms with E-state index in [-0.39, 0.29) is 11.7 Å². The number of hydrogen-bond acceptors (Lipinski definition) is 4. The molecule has 1 N–H and O–H groups in total. The van der Waals surface area contributed by atoms with Crippen molar-refractivity contribution >= 4 is 54.7 Å². The van der Waals surface area contributed by atoms with Gasteiger partial charge in [-0.05, 0) is 69.7 Å². The largest absolute Gasteiger partial charge is 0.506 e. The molecular weight excluding hydrogens is 444 g/mol. The number of carbonyl (C=O) groups is 1. The molecule has 0 unspecified atom stereocenters. The van der Waals surface area contributed by atoms with E-state index in [1.165, 1.54) is 17.8 Å². The smallest absolute Gasteiger partial charge is 0.282 e. The summed E-state index contributed by atoms with van der Waals surface area (Å²) in [5.41, 5.74) is 1.59. The van der Waals surface area contributed by atoms with Gasteiger partial charge in [0.25, 0.3) is 5.91 Å². The summed E-state index contributed by atoms with van der Waals surface area (Å²) in [4.78, 5) is 18.8. The van der Waals surface area contributed by atoms with Crippen LogP contribution < -0.4 is 0 Å². The zero-order valence-corrected chi connectivity index (χ0v) is 16.8. The zero-order valence-electron chi connectivity index (χ0n) is 12.8. The Hall–Kier alpha value is -0.920. The predicted octanol–water partition coefficient (Wildman–Crippen LogP) is 5.25. The Morgan fingerprint density at radius 2 is 2.04 bits per heavy atom. The van der Waals surface area contributed by atoms with Crippen LogP contribution >= 0.6 is 43.2 Å². The Kier molecular flexibility index (Phi) is 6.61. The van der Waals surface area contributed by atoms with Crippen molar-refractivity contribution in [2.24, 2.45) is 0 Å². The third kappa shape index (κ3) is 4.78. The number of allylic oxidation sites excluding steroid dienone is 4. The second-order valence-electron chi connectivity index (χ2n) is 5.32. The van der Waals surface area contributed by atoms with Crippen molar-refractivity contribution in [2.45, 2.75) is 26.2 Å². The molecule has 2 heterocycles. The van der Waals surface area contributed by atoms with Gasteiger partial charge in [0.05, 0.1) is 14.7 Å². The molecule has 1 aromatic rings. The van der Waals surface area contributed by atoms with Crippen molar-refractivity contribution in [1.29, 1.82) is 0 Å².